The molecule has 1 fully saturated rings. The highest BCUT2D eigenvalue weighted by atomic mass is 16.5. The molecule has 2 aliphatic rings. The van der Waals surface area contributed by atoms with E-state index in [9.17, 15) is 4.79 Å². The third-order valence-electron chi connectivity index (χ3n) is 8.76. The van der Waals surface area contributed by atoms with Gasteiger partial charge in [-0.05, 0) is 100 Å². The van der Waals surface area contributed by atoms with Crippen LogP contribution < -0.4 is 0 Å². The summed E-state index contributed by atoms with van der Waals surface area (Å²) in [6, 6.07) is 10.5. The molecular formula is C36H46N4O3. The summed E-state index contributed by atoms with van der Waals surface area (Å²) >= 11 is 0. The molecule has 2 aromatic heterocycles. The van der Waals surface area contributed by atoms with Gasteiger partial charge in [0.2, 0.25) is 0 Å². The predicted octanol–water partition coefficient (Wildman–Crippen LogP) is 6.83. The number of fused-ring (bicyclic) bond motifs is 1. The van der Waals surface area contributed by atoms with E-state index in [4.69, 9.17) is 14.5 Å². The van der Waals surface area contributed by atoms with Crippen LogP contribution in [0.5, 0.6) is 0 Å². The van der Waals surface area contributed by atoms with Crippen LogP contribution in [0.4, 0.5) is 0 Å². The Labute approximate surface area is 256 Å². The van der Waals surface area contributed by atoms with Crippen LogP contribution in [-0.4, -0.2) is 57.8 Å². The fraction of sp³-hybridized carbons (Fsp3) is 0.472. The van der Waals surface area contributed by atoms with Gasteiger partial charge in [0.15, 0.2) is 11.6 Å². The summed E-state index contributed by atoms with van der Waals surface area (Å²) in [5.74, 6) is 1.56. The molecular weight excluding hydrogens is 536 g/mol. The van der Waals surface area contributed by atoms with Crippen LogP contribution in [0.25, 0.3) is 11.4 Å². The van der Waals surface area contributed by atoms with E-state index < -0.39 is 0 Å². The molecule has 228 valence electrons. The smallest absolute Gasteiger partial charge is 0.163 e. The van der Waals surface area contributed by atoms with Crippen molar-refractivity contribution in [2.45, 2.75) is 86.4 Å². The first kappa shape index (κ1) is 30.9. The number of carbonyl (C=O) groups excluding carboxylic acids is 1. The quantitative estimate of drug-likeness (QED) is 0.140. The Kier molecular flexibility index (Phi) is 9.93. The topological polar surface area (TPSA) is 69.5 Å². The minimum absolute atomic E-state index is 0.0221. The molecule has 1 atom stereocenters. The van der Waals surface area contributed by atoms with E-state index in [0.29, 0.717) is 24.1 Å². The Morgan fingerprint density at radius 3 is 2.60 bits per heavy atom. The number of hydrogen-bond acceptors (Lipinski definition) is 6. The van der Waals surface area contributed by atoms with Crippen molar-refractivity contribution in [3.8, 4) is 5.82 Å². The van der Waals surface area contributed by atoms with Gasteiger partial charge in [0.05, 0.1) is 29.3 Å². The van der Waals surface area contributed by atoms with E-state index >= 15 is 0 Å². The number of benzene rings is 1. The minimum Gasteiger partial charge on any atom is -0.488 e. The van der Waals surface area contributed by atoms with Gasteiger partial charge in [-0.1, -0.05) is 37.6 Å². The molecule has 0 unspecified atom stereocenters. The molecule has 1 aromatic carbocycles. The predicted molar refractivity (Wildman–Crippen MR) is 172 cm³/mol. The molecule has 4 heterocycles. The van der Waals surface area contributed by atoms with E-state index in [-0.39, 0.29) is 5.78 Å². The molecule has 0 spiro atoms. The SMILES string of the molecule is C/C=C(\C(OCc1ccc2c(c1C)CCN(C[C@@H]1CCO1)CC2)=C(C)C)c1cccc(-n2ncc(C(C)=O)c2CCC)n1. The van der Waals surface area contributed by atoms with Gasteiger partial charge in [-0.15, -0.1) is 0 Å². The lowest BCUT2D eigenvalue weighted by molar-refractivity contribution is -0.0661. The van der Waals surface area contributed by atoms with Gasteiger partial charge in [-0.25, -0.2) is 9.67 Å². The van der Waals surface area contributed by atoms with Crippen molar-refractivity contribution in [3.63, 3.8) is 0 Å². The monoisotopic (exact) mass is 582 g/mol. The maximum atomic E-state index is 12.2. The van der Waals surface area contributed by atoms with Gasteiger partial charge in [0.25, 0.3) is 0 Å². The number of ether oxygens (including phenoxy) is 2. The van der Waals surface area contributed by atoms with Crippen molar-refractivity contribution in [2.24, 2.45) is 0 Å². The largest absolute Gasteiger partial charge is 0.488 e. The lowest BCUT2D eigenvalue weighted by Crippen LogP contribution is -2.41. The van der Waals surface area contributed by atoms with Gasteiger partial charge < -0.3 is 14.4 Å². The van der Waals surface area contributed by atoms with E-state index in [1.165, 1.54) is 28.7 Å². The number of Topliss-reactive ketones (excluding diaryl/α,β-unsaturated/α-hetero) is 1. The molecule has 43 heavy (non-hydrogen) atoms. The van der Waals surface area contributed by atoms with Crippen molar-refractivity contribution in [2.75, 3.05) is 26.2 Å². The third-order valence-corrected chi connectivity index (χ3v) is 8.76. The standard InChI is InChI=1S/C36H46N4O3/c1-7-10-34-32(26(6)41)21-37-40(34)35-12-9-11-33(38-35)30(8-2)36(24(3)4)43-23-28-14-13-27-15-18-39(22-29-17-20-42-29)19-16-31(27)25(28)5/h8-9,11-14,21,29H,7,10,15-20,22-23H2,1-6H3/b30-8-/t29-/m0/s1. The molecule has 1 saturated heterocycles. The second kappa shape index (κ2) is 13.8. The highest BCUT2D eigenvalue weighted by Crippen LogP contribution is 2.30. The molecule has 0 radical (unpaired) electrons. The number of nitrogens with zero attached hydrogens (tertiary/aromatic N) is 4. The number of pyridine rings is 1. The normalized spacial score (nSPS) is 17.2. The molecule has 3 aromatic rings. The highest BCUT2D eigenvalue weighted by molar-refractivity contribution is 5.95. The zero-order chi connectivity index (χ0) is 30.5. The molecule has 0 amide bonds. The Morgan fingerprint density at radius 2 is 1.93 bits per heavy atom. The maximum Gasteiger partial charge on any atom is 0.163 e. The number of carbonyl (C=O) groups is 1. The van der Waals surface area contributed by atoms with E-state index in [0.717, 1.165) is 80.2 Å². The Morgan fingerprint density at radius 1 is 1.14 bits per heavy atom. The number of hydrogen-bond donors (Lipinski definition) is 0. The van der Waals surface area contributed by atoms with Crippen LogP contribution in [0, 0.1) is 6.92 Å². The summed E-state index contributed by atoms with van der Waals surface area (Å²) in [7, 11) is 0. The second-order valence-corrected chi connectivity index (χ2v) is 12.0. The molecule has 7 heteroatoms. The van der Waals surface area contributed by atoms with E-state index in [1.54, 1.807) is 17.8 Å². The van der Waals surface area contributed by atoms with E-state index in [2.05, 4.69) is 55.9 Å². The van der Waals surface area contributed by atoms with Gasteiger partial charge in [-0.3, -0.25) is 4.79 Å². The third kappa shape index (κ3) is 6.84. The summed E-state index contributed by atoms with van der Waals surface area (Å²) in [5, 5.41) is 4.55. The fourth-order valence-electron chi connectivity index (χ4n) is 6.23. The molecule has 0 aliphatic carbocycles. The minimum atomic E-state index is 0.0221. The van der Waals surface area contributed by atoms with Crippen LogP contribution in [0.2, 0.25) is 0 Å². The van der Waals surface area contributed by atoms with Crippen molar-refractivity contribution >= 4 is 11.4 Å². The fourth-order valence-corrected chi connectivity index (χ4v) is 6.23. The Balaban J connectivity index is 1.35. The second-order valence-electron chi connectivity index (χ2n) is 12.0. The average molecular weight is 583 g/mol. The van der Waals surface area contributed by atoms with Crippen LogP contribution in [0.3, 0.4) is 0 Å². The first-order valence-corrected chi connectivity index (χ1v) is 15.8. The van der Waals surface area contributed by atoms with Crippen molar-refractivity contribution in [1.29, 1.82) is 0 Å². The number of aromatic nitrogens is 3. The van der Waals surface area contributed by atoms with Crippen molar-refractivity contribution in [3.05, 3.63) is 93.1 Å². The molecule has 0 bridgehead atoms. The zero-order valence-electron chi connectivity index (χ0n) is 26.7. The molecule has 2 aliphatic heterocycles. The summed E-state index contributed by atoms with van der Waals surface area (Å²) < 4.78 is 14.1. The van der Waals surface area contributed by atoms with Gasteiger partial charge in [0, 0.05) is 31.8 Å². The summed E-state index contributed by atoms with van der Waals surface area (Å²) in [6.07, 6.45) is 9.14. The van der Waals surface area contributed by atoms with Crippen LogP contribution in [-0.2, 0) is 35.3 Å². The molecule has 0 saturated carbocycles. The van der Waals surface area contributed by atoms with E-state index in [1.807, 2.05) is 25.1 Å². The molecule has 7 nitrogen and oxygen atoms in total. The number of rotatable bonds is 11. The lowest BCUT2D eigenvalue weighted by Gasteiger charge is -2.32. The zero-order valence-corrected chi connectivity index (χ0v) is 26.7. The van der Waals surface area contributed by atoms with Crippen LogP contribution in [0.15, 0.2) is 53.9 Å². The molecule has 0 N–H and O–H groups in total. The summed E-state index contributed by atoms with van der Waals surface area (Å²) in [5.41, 5.74) is 9.91. The maximum absolute atomic E-state index is 12.2. The highest BCUT2D eigenvalue weighted by Gasteiger charge is 2.24. The summed E-state index contributed by atoms with van der Waals surface area (Å²) in [4.78, 5) is 19.8. The van der Waals surface area contributed by atoms with Crippen LogP contribution >= 0.6 is 0 Å². The summed E-state index contributed by atoms with van der Waals surface area (Å²) in [6.45, 7) is 16.8. The number of ketones is 1. The Bertz CT molecular complexity index is 1530. The van der Waals surface area contributed by atoms with Gasteiger partial charge in [-0.2, -0.15) is 5.10 Å². The number of allylic oxidation sites excluding steroid dienone is 3. The first-order chi connectivity index (χ1) is 20.8. The van der Waals surface area contributed by atoms with Crippen LogP contribution in [0.1, 0.15) is 91.5 Å². The van der Waals surface area contributed by atoms with Crippen molar-refractivity contribution in [1.82, 2.24) is 19.7 Å². The van der Waals surface area contributed by atoms with Gasteiger partial charge >= 0.3 is 0 Å². The lowest BCUT2D eigenvalue weighted by atomic mass is 9.94. The average Bonchev–Trinajstić information content (AvgIpc) is 3.28. The van der Waals surface area contributed by atoms with Crippen molar-refractivity contribution < 1.29 is 14.3 Å². The Hall–Kier alpha value is -3.55. The van der Waals surface area contributed by atoms with Gasteiger partial charge in [0.1, 0.15) is 12.4 Å². The first-order valence-electron chi connectivity index (χ1n) is 15.8. The molecule has 5 rings (SSSR count).